The van der Waals surface area contributed by atoms with Crippen LogP contribution in [0.1, 0.15) is 16.9 Å². The molecule has 0 saturated heterocycles. The zero-order valence-electron chi connectivity index (χ0n) is 16.0. The second-order valence-electron chi connectivity index (χ2n) is 5.92. The van der Waals surface area contributed by atoms with E-state index in [4.69, 9.17) is 9.47 Å². The highest BCUT2D eigenvalue weighted by Gasteiger charge is 2.12. The lowest BCUT2D eigenvalue weighted by atomic mass is 10.3. The number of carbonyl (C=O) groups excluding carboxylic acids is 1. The standard InChI is InChI=1S/C19H21N5O4S/c1-27-13-6-7-14(16(11-13)28-2)22-19-23-15(12-29-19)18(26)20-8-4-10-24-17(25)5-3-9-21-24/h3,5-7,9,11-12H,4,8,10H2,1-2H3,(H,20,26)(H,22,23). The van der Waals surface area contributed by atoms with Gasteiger partial charge in [-0.1, -0.05) is 0 Å². The molecule has 2 aromatic heterocycles. The van der Waals surface area contributed by atoms with Crippen molar-refractivity contribution in [1.82, 2.24) is 20.1 Å². The van der Waals surface area contributed by atoms with Crippen molar-refractivity contribution in [3.63, 3.8) is 0 Å². The van der Waals surface area contributed by atoms with Gasteiger partial charge in [0, 0.05) is 36.8 Å². The third-order valence-electron chi connectivity index (χ3n) is 4.00. The Kier molecular flexibility index (Phi) is 6.80. The maximum atomic E-state index is 12.3. The Bertz CT molecular complexity index is 1030. The molecule has 3 rings (SSSR count). The molecule has 0 aliphatic rings. The van der Waals surface area contributed by atoms with Crippen molar-refractivity contribution in [2.75, 3.05) is 26.1 Å². The molecule has 0 saturated carbocycles. The first kappa shape index (κ1) is 20.3. The number of methoxy groups -OCH3 is 2. The number of amides is 1. The van der Waals surface area contributed by atoms with Gasteiger partial charge in [-0.05, 0) is 24.6 Å². The van der Waals surface area contributed by atoms with Gasteiger partial charge in [0.1, 0.15) is 17.2 Å². The van der Waals surface area contributed by atoms with Crippen LogP contribution in [0.15, 0.2) is 46.7 Å². The Morgan fingerprint density at radius 3 is 2.86 bits per heavy atom. The first-order valence-electron chi connectivity index (χ1n) is 8.85. The lowest BCUT2D eigenvalue weighted by Gasteiger charge is -2.10. The number of hydrogen-bond acceptors (Lipinski definition) is 8. The molecule has 0 aliphatic heterocycles. The summed E-state index contributed by atoms with van der Waals surface area (Å²) in [5, 5.41) is 12.2. The summed E-state index contributed by atoms with van der Waals surface area (Å²) in [6.45, 7) is 0.843. The third-order valence-corrected chi connectivity index (χ3v) is 4.76. The van der Waals surface area contributed by atoms with Crippen molar-refractivity contribution in [3.05, 3.63) is 58.0 Å². The highest BCUT2D eigenvalue weighted by Crippen LogP contribution is 2.32. The molecule has 152 valence electrons. The summed E-state index contributed by atoms with van der Waals surface area (Å²) < 4.78 is 11.9. The van der Waals surface area contributed by atoms with Crippen LogP contribution in [0.2, 0.25) is 0 Å². The Labute approximate surface area is 171 Å². The SMILES string of the molecule is COc1ccc(Nc2nc(C(=O)NCCCn3ncccc3=O)cs2)c(OC)c1. The van der Waals surface area contributed by atoms with Gasteiger partial charge >= 0.3 is 0 Å². The van der Waals surface area contributed by atoms with Crippen LogP contribution in [-0.4, -0.2) is 41.4 Å². The smallest absolute Gasteiger partial charge is 0.270 e. The summed E-state index contributed by atoms with van der Waals surface area (Å²) in [5.74, 6) is 1.01. The monoisotopic (exact) mass is 415 g/mol. The molecule has 0 unspecified atom stereocenters. The summed E-state index contributed by atoms with van der Waals surface area (Å²) in [5.41, 5.74) is 0.874. The number of benzene rings is 1. The number of thiazole rings is 1. The fourth-order valence-corrected chi connectivity index (χ4v) is 3.23. The Morgan fingerprint density at radius 2 is 2.10 bits per heavy atom. The Balaban J connectivity index is 1.53. The number of carbonyl (C=O) groups is 1. The van der Waals surface area contributed by atoms with Crippen molar-refractivity contribution in [3.8, 4) is 11.5 Å². The van der Waals surface area contributed by atoms with E-state index in [1.165, 1.54) is 22.1 Å². The van der Waals surface area contributed by atoms with E-state index >= 15 is 0 Å². The van der Waals surface area contributed by atoms with E-state index in [2.05, 4.69) is 20.7 Å². The molecule has 0 spiro atoms. The van der Waals surface area contributed by atoms with Gasteiger partial charge in [-0.15, -0.1) is 11.3 Å². The van der Waals surface area contributed by atoms with Gasteiger partial charge in [0.2, 0.25) is 0 Å². The van der Waals surface area contributed by atoms with Gasteiger partial charge in [-0.3, -0.25) is 9.59 Å². The average molecular weight is 415 g/mol. The number of nitrogens with zero attached hydrogens (tertiary/aromatic N) is 3. The predicted octanol–water partition coefficient (Wildman–Crippen LogP) is 2.28. The zero-order chi connectivity index (χ0) is 20.6. The first-order chi connectivity index (χ1) is 14.1. The average Bonchev–Trinajstić information content (AvgIpc) is 3.21. The maximum absolute atomic E-state index is 12.3. The molecule has 0 fully saturated rings. The van der Waals surface area contributed by atoms with E-state index in [0.29, 0.717) is 41.8 Å². The van der Waals surface area contributed by atoms with E-state index in [-0.39, 0.29) is 11.5 Å². The summed E-state index contributed by atoms with van der Waals surface area (Å²) in [7, 11) is 3.15. The summed E-state index contributed by atoms with van der Waals surface area (Å²) >= 11 is 1.31. The van der Waals surface area contributed by atoms with Gasteiger partial charge in [-0.25, -0.2) is 9.67 Å². The van der Waals surface area contributed by atoms with E-state index in [1.54, 1.807) is 44.0 Å². The van der Waals surface area contributed by atoms with Crippen LogP contribution in [0.3, 0.4) is 0 Å². The van der Waals surface area contributed by atoms with E-state index < -0.39 is 0 Å². The molecule has 0 bridgehead atoms. The Morgan fingerprint density at radius 1 is 1.24 bits per heavy atom. The van der Waals surface area contributed by atoms with Crippen molar-refractivity contribution in [2.24, 2.45) is 0 Å². The van der Waals surface area contributed by atoms with Crippen molar-refractivity contribution >= 4 is 28.1 Å². The lowest BCUT2D eigenvalue weighted by Crippen LogP contribution is -2.27. The summed E-state index contributed by atoms with van der Waals surface area (Å²) in [6, 6.07) is 8.43. The number of aromatic nitrogens is 3. The zero-order valence-corrected chi connectivity index (χ0v) is 16.9. The molecular formula is C19H21N5O4S. The quantitative estimate of drug-likeness (QED) is 0.516. The normalized spacial score (nSPS) is 10.4. The molecule has 1 amide bonds. The molecule has 2 heterocycles. The summed E-state index contributed by atoms with van der Waals surface area (Å²) in [4.78, 5) is 28.2. The number of aryl methyl sites for hydroxylation is 1. The van der Waals surface area contributed by atoms with Crippen LogP contribution >= 0.6 is 11.3 Å². The molecule has 2 N–H and O–H groups in total. The van der Waals surface area contributed by atoms with Gasteiger partial charge in [-0.2, -0.15) is 5.10 Å². The fourth-order valence-electron chi connectivity index (χ4n) is 2.53. The van der Waals surface area contributed by atoms with Gasteiger partial charge in [0.15, 0.2) is 5.13 Å². The van der Waals surface area contributed by atoms with Crippen molar-refractivity contribution in [2.45, 2.75) is 13.0 Å². The second kappa shape index (κ2) is 9.69. The van der Waals surface area contributed by atoms with Crippen LogP contribution in [0.25, 0.3) is 0 Å². The molecule has 10 heteroatoms. The molecule has 3 aromatic rings. The number of ether oxygens (including phenoxy) is 2. The van der Waals surface area contributed by atoms with Gasteiger partial charge in [0.05, 0.1) is 19.9 Å². The third kappa shape index (κ3) is 5.32. The molecule has 0 aliphatic carbocycles. The first-order valence-corrected chi connectivity index (χ1v) is 9.73. The van der Waals surface area contributed by atoms with Crippen LogP contribution in [0, 0.1) is 0 Å². The molecule has 1 aromatic carbocycles. The van der Waals surface area contributed by atoms with Crippen LogP contribution in [-0.2, 0) is 6.54 Å². The van der Waals surface area contributed by atoms with E-state index in [9.17, 15) is 9.59 Å². The second-order valence-corrected chi connectivity index (χ2v) is 6.78. The van der Waals surface area contributed by atoms with E-state index in [0.717, 1.165) is 5.69 Å². The minimum absolute atomic E-state index is 0.164. The topological polar surface area (TPSA) is 107 Å². The maximum Gasteiger partial charge on any atom is 0.270 e. The number of rotatable bonds is 9. The van der Waals surface area contributed by atoms with Crippen LogP contribution < -0.4 is 25.7 Å². The lowest BCUT2D eigenvalue weighted by molar-refractivity contribution is 0.0948. The highest BCUT2D eigenvalue weighted by atomic mass is 32.1. The predicted molar refractivity (Wildman–Crippen MR) is 110 cm³/mol. The number of nitrogens with one attached hydrogen (secondary N) is 2. The van der Waals surface area contributed by atoms with Crippen molar-refractivity contribution < 1.29 is 14.3 Å². The van der Waals surface area contributed by atoms with Crippen LogP contribution in [0.4, 0.5) is 10.8 Å². The molecule has 0 atom stereocenters. The fraction of sp³-hybridized carbons (Fsp3) is 0.263. The highest BCUT2D eigenvalue weighted by molar-refractivity contribution is 7.14. The van der Waals surface area contributed by atoms with Crippen LogP contribution in [0.5, 0.6) is 11.5 Å². The molecule has 9 nitrogen and oxygen atoms in total. The minimum Gasteiger partial charge on any atom is -0.497 e. The largest absolute Gasteiger partial charge is 0.497 e. The summed E-state index contributed by atoms with van der Waals surface area (Å²) in [6.07, 6.45) is 2.14. The minimum atomic E-state index is -0.274. The number of anilines is 2. The molecule has 29 heavy (non-hydrogen) atoms. The van der Waals surface area contributed by atoms with Gasteiger partial charge < -0.3 is 20.1 Å². The van der Waals surface area contributed by atoms with Gasteiger partial charge in [0.25, 0.3) is 11.5 Å². The number of hydrogen-bond donors (Lipinski definition) is 2. The Hall–Kier alpha value is -3.40. The van der Waals surface area contributed by atoms with E-state index in [1.807, 2.05) is 6.07 Å². The molecule has 0 radical (unpaired) electrons. The van der Waals surface area contributed by atoms with Crippen molar-refractivity contribution in [1.29, 1.82) is 0 Å². The molecular weight excluding hydrogens is 394 g/mol.